The Morgan fingerprint density at radius 1 is 1.65 bits per heavy atom. The van der Waals surface area contributed by atoms with Crippen molar-refractivity contribution >= 4 is 5.91 Å². The number of aliphatic hydroxyl groups excluding tert-OH is 1. The van der Waals surface area contributed by atoms with Crippen LogP contribution in [0.4, 0.5) is 0 Å². The van der Waals surface area contributed by atoms with Gasteiger partial charge in [0.2, 0.25) is 11.8 Å². The first kappa shape index (κ1) is 11.9. The number of likely N-dealkylation sites (tertiary alicyclic amines) is 1. The van der Waals surface area contributed by atoms with Crippen LogP contribution in [0.15, 0.2) is 18.3 Å². The van der Waals surface area contributed by atoms with E-state index in [4.69, 9.17) is 9.84 Å². The maximum Gasteiger partial charge on any atom is 0.223 e. The van der Waals surface area contributed by atoms with Gasteiger partial charge in [-0.2, -0.15) is 0 Å². The van der Waals surface area contributed by atoms with E-state index in [0.29, 0.717) is 25.4 Å². The molecule has 1 atom stereocenters. The average Bonchev–Trinajstić information content (AvgIpc) is 2.70. The van der Waals surface area contributed by atoms with Crippen LogP contribution in [0.2, 0.25) is 0 Å². The molecule has 1 aliphatic heterocycles. The molecule has 1 unspecified atom stereocenters. The minimum atomic E-state index is 0.0713. The summed E-state index contributed by atoms with van der Waals surface area (Å²) < 4.78 is 5.03. The van der Waals surface area contributed by atoms with E-state index in [-0.39, 0.29) is 18.4 Å². The quantitative estimate of drug-likeness (QED) is 0.823. The molecule has 0 aliphatic carbocycles. The number of pyridine rings is 1. The number of nitrogens with zero attached hydrogens (tertiary/aromatic N) is 2. The zero-order valence-corrected chi connectivity index (χ0v) is 9.80. The van der Waals surface area contributed by atoms with Crippen molar-refractivity contribution in [2.75, 3.05) is 20.3 Å². The molecule has 0 bridgehead atoms. The van der Waals surface area contributed by atoms with Crippen molar-refractivity contribution < 1.29 is 14.6 Å². The first-order valence-electron chi connectivity index (χ1n) is 5.60. The normalized spacial score (nSPS) is 19.8. The van der Waals surface area contributed by atoms with Crippen LogP contribution >= 0.6 is 0 Å². The maximum absolute atomic E-state index is 11.7. The van der Waals surface area contributed by atoms with E-state index in [1.165, 1.54) is 0 Å². The molecule has 1 aliphatic rings. The first-order valence-corrected chi connectivity index (χ1v) is 5.60. The van der Waals surface area contributed by atoms with E-state index >= 15 is 0 Å². The fourth-order valence-electron chi connectivity index (χ4n) is 2.01. The van der Waals surface area contributed by atoms with Gasteiger partial charge in [-0.1, -0.05) is 0 Å². The molecule has 2 heterocycles. The van der Waals surface area contributed by atoms with Crippen LogP contribution < -0.4 is 4.74 Å². The molecule has 1 aromatic heterocycles. The second kappa shape index (κ2) is 5.14. The van der Waals surface area contributed by atoms with Gasteiger partial charge in [-0.3, -0.25) is 4.79 Å². The molecule has 1 fully saturated rings. The summed E-state index contributed by atoms with van der Waals surface area (Å²) >= 11 is 0. The predicted octanol–water partition coefficient (Wildman–Crippen LogP) is 0.431. The molecule has 1 aromatic rings. The molecule has 0 saturated carbocycles. The van der Waals surface area contributed by atoms with Crippen molar-refractivity contribution in [2.24, 2.45) is 5.92 Å². The van der Waals surface area contributed by atoms with Gasteiger partial charge in [0, 0.05) is 44.3 Å². The van der Waals surface area contributed by atoms with Gasteiger partial charge in [0.15, 0.2) is 0 Å². The van der Waals surface area contributed by atoms with E-state index in [1.807, 2.05) is 12.1 Å². The van der Waals surface area contributed by atoms with E-state index in [0.717, 1.165) is 5.56 Å². The molecule has 0 aromatic carbocycles. The number of methoxy groups -OCH3 is 1. The van der Waals surface area contributed by atoms with Gasteiger partial charge in [0.25, 0.3) is 0 Å². The Hall–Kier alpha value is -1.62. The Balaban J connectivity index is 2.03. The summed E-state index contributed by atoms with van der Waals surface area (Å²) in [5.74, 6) is 0.721. The van der Waals surface area contributed by atoms with Crippen molar-refractivity contribution in [3.05, 3.63) is 23.9 Å². The molecular formula is C12H16N2O3. The lowest BCUT2D eigenvalue weighted by atomic mass is 10.1. The van der Waals surface area contributed by atoms with Crippen LogP contribution in [0.1, 0.15) is 12.0 Å². The van der Waals surface area contributed by atoms with Crippen LogP contribution in [-0.2, 0) is 11.3 Å². The number of carbonyl (C=O) groups excluding carboxylic acids is 1. The average molecular weight is 236 g/mol. The molecular weight excluding hydrogens is 220 g/mol. The third-order valence-corrected chi connectivity index (χ3v) is 2.93. The zero-order valence-electron chi connectivity index (χ0n) is 9.80. The molecule has 5 nitrogen and oxygen atoms in total. The summed E-state index contributed by atoms with van der Waals surface area (Å²) in [4.78, 5) is 17.4. The van der Waals surface area contributed by atoms with Crippen LogP contribution in [0, 0.1) is 5.92 Å². The third kappa shape index (κ3) is 2.74. The summed E-state index contributed by atoms with van der Waals surface area (Å²) in [6.45, 7) is 1.25. The lowest BCUT2D eigenvalue weighted by Crippen LogP contribution is -2.24. The highest BCUT2D eigenvalue weighted by Gasteiger charge is 2.28. The summed E-state index contributed by atoms with van der Waals surface area (Å²) in [5.41, 5.74) is 0.990. The first-order chi connectivity index (χ1) is 8.22. The summed E-state index contributed by atoms with van der Waals surface area (Å²) in [5, 5.41) is 9.04. The molecule has 0 spiro atoms. The van der Waals surface area contributed by atoms with E-state index < -0.39 is 0 Å². The molecule has 92 valence electrons. The highest BCUT2D eigenvalue weighted by Crippen LogP contribution is 2.20. The van der Waals surface area contributed by atoms with Gasteiger partial charge >= 0.3 is 0 Å². The summed E-state index contributed by atoms with van der Waals surface area (Å²) in [6.07, 6.45) is 2.11. The van der Waals surface area contributed by atoms with Crippen molar-refractivity contribution in [2.45, 2.75) is 13.0 Å². The Morgan fingerprint density at radius 3 is 3.12 bits per heavy atom. The second-order valence-corrected chi connectivity index (χ2v) is 4.23. The molecule has 0 radical (unpaired) electrons. The van der Waals surface area contributed by atoms with E-state index in [2.05, 4.69) is 4.98 Å². The van der Waals surface area contributed by atoms with Gasteiger partial charge < -0.3 is 14.7 Å². The number of ether oxygens (including phenoxy) is 1. The van der Waals surface area contributed by atoms with E-state index in [9.17, 15) is 4.79 Å². The SMILES string of the molecule is COc1cc(CN2CC(CO)CC2=O)ccn1. The van der Waals surface area contributed by atoms with Gasteiger partial charge in [0.05, 0.1) is 7.11 Å². The van der Waals surface area contributed by atoms with Crippen molar-refractivity contribution in [1.82, 2.24) is 9.88 Å². The van der Waals surface area contributed by atoms with Crippen LogP contribution in [0.5, 0.6) is 5.88 Å². The minimum absolute atomic E-state index is 0.0713. The molecule has 1 saturated heterocycles. The molecule has 1 amide bonds. The fourth-order valence-corrected chi connectivity index (χ4v) is 2.01. The lowest BCUT2D eigenvalue weighted by molar-refractivity contribution is -0.128. The van der Waals surface area contributed by atoms with Gasteiger partial charge in [-0.25, -0.2) is 4.98 Å². The Bertz CT molecular complexity index is 408. The monoisotopic (exact) mass is 236 g/mol. The topological polar surface area (TPSA) is 62.7 Å². The van der Waals surface area contributed by atoms with Crippen LogP contribution in [0.25, 0.3) is 0 Å². The number of aliphatic hydroxyl groups is 1. The highest BCUT2D eigenvalue weighted by atomic mass is 16.5. The lowest BCUT2D eigenvalue weighted by Gasteiger charge is -2.16. The zero-order chi connectivity index (χ0) is 12.3. The molecule has 17 heavy (non-hydrogen) atoms. The number of aromatic nitrogens is 1. The Morgan fingerprint density at radius 2 is 2.47 bits per heavy atom. The van der Waals surface area contributed by atoms with Gasteiger partial charge in [-0.05, 0) is 11.6 Å². The molecule has 1 N–H and O–H groups in total. The van der Waals surface area contributed by atoms with Crippen molar-refractivity contribution in [1.29, 1.82) is 0 Å². The maximum atomic E-state index is 11.7. The second-order valence-electron chi connectivity index (χ2n) is 4.23. The Kier molecular flexibility index (Phi) is 3.58. The Labute approximate surface area is 100 Å². The van der Waals surface area contributed by atoms with Gasteiger partial charge in [-0.15, -0.1) is 0 Å². The largest absolute Gasteiger partial charge is 0.481 e. The predicted molar refractivity (Wildman–Crippen MR) is 61.4 cm³/mol. The van der Waals surface area contributed by atoms with Gasteiger partial charge in [0.1, 0.15) is 0 Å². The molecule has 5 heteroatoms. The number of rotatable bonds is 4. The number of carbonyl (C=O) groups is 1. The highest BCUT2D eigenvalue weighted by molar-refractivity contribution is 5.78. The molecule has 2 rings (SSSR count). The van der Waals surface area contributed by atoms with Crippen molar-refractivity contribution in [3.63, 3.8) is 0 Å². The number of amides is 1. The number of hydrogen-bond donors (Lipinski definition) is 1. The van der Waals surface area contributed by atoms with Crippen LogP contribution in [-0.4, -0.2) is 41.2 Å². The number of hydrogen-bond acceptors (Lipinski definition) is 4. The third-order valence-electron chi connectivity index (χ3n) is 2.93. The minimum Gasteiger partial charge on any atom is -0.481 e. The van der Waals surface area contributed by atoms with Crippen LogP contribution in [0.3, 0.4) is 0 Å². The summed E-state index contributed by atoms with van der Waals surface area (Å²) in [6, 6.07) is 3.68. The van der Waals surface area contributed by atoms with E-state index in [1.54, 1.807) is 18.2 Å². The fraction of sp³-hybridized carbons (Fsp3) is 0.500. The summed E-state index contributed by atoms with van der Waals surface area (Å²) in [7, 11) is 1.56. The smallest absolute Gasteiger partial charge is 0.223 e. The standard InChI is InChI=1S/C12H16N2O3/c1-17-11-4-9(2-3-13-11)6-14-7-10(8-15)5-12(14)16/h2-4,10,15H,5-8H2,1H3. The van der Waals surface area contributed by atoms with Crippen molar-refractivity contribution in [3.8, 4) is 5.88 Å².